The van der Waals surface area contributed by atoms with Gasteiger partial charge in [-0.15, -0.1) is 0 Å². The van der Waals surface area contributed by atoms with Gasteiger partial charge in [-0.3, -0.25) is 4.79 Å². The molecule has 0 radical (unpaired) electrons. The van der Waals surface area contributed by atoms with Gasteiger partial charge in [0, 0.05) is 6.08 Å². The van der Waals surface area contributed by atoms with Gasteiger partial charge in [-0.25, -0.2) is 4.79 Å². The molecular formula is C24H44O11. The van der Waals surface area contributed by atoms with Crippen molar-refractivity contribution >= 4 is 11.9 Å². The van der Waals surface area contributed by atoms with E-state index < -0.39 is 11.6 Å². The minimum absolute atomic E-state index is 0.197. The Hall–Kier alpha value is -1.60. The van der Waals surface area contributed by atoms with Gasteiger partial charge in [0.1, 0.15) is 12.2 Å². The zero-order valence-electron chi connectivity index (χ0n) is 21.6. The van der Waals surface area contributed by atoms with Crippen LogP contribution in [0.1, 0.15) is 27.2 Å². The van der Waals surface area contributed by atoms with Gasteiger partial charge in [0.05, 0.1) is 98.9 Å². The van der Waals surface area contributed by atoms with E-state index in [0.717, 1.165) is 6.08 Å². The maximum absolute atomic E-state index is 11.5. The monoisotopic (exact) mass is 508 g/mol. The van der Waals surface area contributed by atoms with E-state index in [1.54, 1.807) is 0 Å². The number of hydrogen-bond acceptors (Lipinski definition) is 11. The van der Waals surface area contributed by atoms with E-state index >= 15 is 0 Å². The minimum atomic E-state index is -0.473. The van der Waals surface area contributed by atoms with E-state index in [0.29, 0.717) is 92.5 Å². The molecule has 206 valence electrons. The van der Waals surface area contributed by atoms with Gasteiger partial charge in [0.15, 0.2) is 0 Å². The van der Waals surface area contributed by atoms with E-state index in [2.05, 4.69) is 6.58 Å². The van der Waals surface area contributed by atoms with Crippen molar-refractivity contribution in [3.8, 4) is 0 Å². The van der Waals surface area contributed by atoms with Crippen molar-refractivity contribution in [2.45, 2.75) is 32.8 Å². The maximum atomic E-state index is 11.5. The van der Waals surface area contributed by atoms with E-state index in [9.17, 15) is 9.59 Å². The van der Waals surface area contributed by atoms with Crippen LogP contribution in [0.25, 0.3) is 0 Å². The fourth-order valence-corrected chi connectivity index (χ4v) is 2.23. The number of carbonyl (C=O) groups is 2. The fraction of sp³-hybridized carbons (Fsp3) is 0.833. The summed E-state index contributed by atoms with van der Waals surface area (Å²) in [4.78, 5) is 22.3. The third-order valence-electron chi connectivity index (χ3n) is 3.74. The number of carbonyl (C=O) groups excluding carboxylic acids is 2. The summed E-state index contributed by atoms with van der Waals surface area (Å²) < 4.78 is 47.5. The van der Waals surface area contributed by atoms with Crippen molar-refractivity contribution in [2.75, 3.05) is 99.1 Å². The molecular weight excluding hydrogens is 464 g/mol. The van der Waals surface area contributed by atoms with Crippen molar-refractivity contribution in [3.05, 3.63) is 12.7 Å². The highest BCUT2D eigenvalue weighted by Crippen LogP contribution is 2.08. The average molecular weight is 509 g/mol. The Morgan fingerprint density at radius 1 is 0.571 bits per heavy atom. The SMILES string of the molecule is C=CC(=O)OCCOCCOCCOCCOCCOCCOCCOCCC(=O)OC(C)(C)C. The molecule has 0 aromatic rings. The lowest BCUT2D eigenvalue weighted by molar-refractivity contribution is -0.156. The van der Waals surface area contributed by atoms with Crippen LogP contribution in [-0.4, -0.2) is 117 Å². The molecule has 0 amide bonds. The Bertz CT molecular complexity index is 520. The maximum Gasteiger partial charge on any atom is 0.330 e. The molecule has 0 saturated heterocycles. The highest BCUT2D eigenvalue weighted by atomic mass is 16.6. The van der Waals surface area contributed by atoms with Crippen LogP contribution < -0.4 is 0 Å². The molecule has 0 aromatic carbocycles. The average Bonchev–Trinajstić information content (AvgIpc) is 2.80. The Balaban J connectivity index is 3.13. The van der Waals surface area contributed by atoms with Gasteiger partial charge in [0.25, 0.3) is 0 Å². The molecule has 0 aliphatic heterocycles. The summed E-state index contributed by atoms with van der Waals surface area (Å²) in [6.07, 6.45) is 1.34. The predicted octanol–water partition coefficient (Wildman–Crippen LogP) is 1.56. The quantitative estimate of drug-likeness (QED) is 0.102. The lowest BCUT2D eigenvalue weighted by Gasteiger charge is -2.19. The Labute approximate surface area is 209 Å². The summed E-state index contributed by atoms with van der Waals surface area (Å²) in [6.45, 7) is 15.1. The minimum Gasteiger partial charge on any atom is -0.460 e. The van der Waals surface area contributed by atoms with E-state index in [1.807, 2.05) is 20.8 Å². The smallest absolute Gasteiger partial charge is 0.330 e. The van der Waals surface area contributed by atoms with Crippen LogP contribution in [0.2, 0.25) is 0 Å². The van der Waals surface area contributed by atoms with Crippen LogP contribution in [0.15, 0.2) is 12.7 Å². The number of ether oxygens (including phenoxy) is 9. The second-order valence-corrected chi connectivity index (χ2v) is 7.99. The van der Waals surface area contributed by atoms with E-state index in [1.165, 1.54) is 0 Å². The first-order chi connectivity index (χ1) is 16.8. The molecule has 35 heavy (non-hydrogen) atoms. The molecule has 0 atom stereocenters. The van der Waals surface area contributed by atoms with Crippen molar-refractivity contribution < 1.29 is 52.2 Å². The normalized spacial score (nSPS) is 11.4. The number of hydrogen-bond donors (Lipinski definition) is 0. The van der Waals surface area contributed by atoms with Crippen molar-refractivity contribution in [3.63, 3.8) is 0 Å². The highest BCUT2D eigenvalue weighted by Gasteiger charge is 2.15. The van der Waals surface area contributed by atoms with Gasteiger partial charge in [0.2, 0.25) is 0 Å². The molecule has 0 spiro atoms. The van der Waals surface area contributed by atoms with Crippen LogP contribution >= 0.6 is 0 Å². The Morgan fingerprint density at radius 2 is 0.886 bits per heavy atom. The van der Waals surface area contributed by atoms with Crippen molar-refractivity contribution in [1.82, 2.24) is 0 Å². The number of esters is 2. The van der Waals surface area contributed by atoms with Crippen LogP contribution in [0.5, 0.6) is 0 Å². The summed E-state index contributed by atoms with van der Waals surface area (Å²) in [5, 5.41) is 0. The molecule has 0 N–H and O–H groups in total. The molecule has 0 unspecified atom stereocenters. The van der Waals surface area contributed by atoms with Crippen molar-refractivity contribution in [1.29, 1.82) is 0 Å². The molecule has 0 heterocycles. The predicted molar refractivity (Wildman–Crippen MR) is 127 cm³/mol. The summed E-state index contributed by atoms with van der Waals surface area (Å²) in [7, 11) is 0. The van der Waals surface area contributed by atoms with Crippen LogP contribution in [0, 0.1) is 0 Å². The lowest BCUT2D eigenvalue weighted by atomic mass is 10.2. The topological polar surface area (TPSA) is 117 Å². The van der Waals surface area contributed by atoms with Gasteiger partial charge >= 0.3 is 11.9 Å². The molecule has 11 heteroatoms. The fourth-order valence-electron chi connectivity index (χ4n) is 2.23. The van der Waals surface area contributed by atoms with Gasteiger partial charge in [-0.05, 0) is 20.8 Å². The van der Waals surface area contributed by atoms with Crippen molar-refractivity contribution in [2.24, 2.45) is 0 Å². The zero-order chi connectivity index (χ0) is 26.0. The van der Waals surface area contributed by atoms with E-state index in [4.69, 9.17) is 42.6 Å². The second-order valence-electron chi connectivity index (χ2n) is 7.99. The van der Waals surface area contributed by atoms with Gasteiger partial charge < -0.3 is 42.6 Å². The van der Waals surface area contributed by atoms with E-state index in [-0.39, 0.29) is 19.0 Å². The summed E-state index contributed by atoms with van der Waals surface area (Å²) >= 11 is 0. The second kappa shape index (κ2) is 24.1. The van der Waals surface area contributed by atoms with Gasteiger partial charge in [-0.1, -0.05) is 6.58 Å². The van der Waals surface area contributed by atoms with Crippen LogP contribution in [0.3, 0.4) is 0 Å². The molecule has 0 saturated carbocycles. The molecule has 0 aromatic heterocycles. The molecule has 11 nitrogen and oxygen atoms in total. The first kappa shape index (κ1) is 33.4. The summed E-state index contributed by atoms with van der Waals surface area (Å²) in [5.41, 5.74) is -0.473. The summed E-state index contributed by atoms with van der Waals surface area (Å²) in [5.74, 6) is -0.729. The highest BCUT2D eigenvalue weighted by molar-refractivity contribution is 5.81. The molecule has 0 bridgehead atoms. The summed E-state index contributed by atoms with van der Waals surface area (Å²) in [6, 6.07) is 0. The Kier molecular flexibility index (Phi) is 23.0. The number of rotatable bonds is 25. The first-order valence-corrected chi connectivity index (χ1v) is 11.9. The van der Waals surface area contributed by atoms with Crippen LogP contribution in [0.4, 0.5) is 0 Å². The molecule has 0 fully saturated rings. The first-order valence-electron chi connectivity index (χ1n) is 11.9. The third-order valence-corrected chi connectivity index (χ3v) is 3.74. The Morgan fingerprint density at radius 3 is 1.20 bits per heavy atom. The van der Waals surface area contributed by atoms with Gasteiger partial charge in [-0.2, -0.15) is 0 Å². The molecule has 0 rings (SSSR count). The lowest BCUT2D eigenvalue weighted by Crippen LogP contribution is -2.24. The molecule has 0 aliphatic rings. The largest absolute Gasteiger partial charge is 0.460 e. The standard InChI is InChI=1S/C24H44O11/c1-5-22(25)34-21-20-33-19-18-32-17-16-31-15-14-30-13-12-29-11-10-28-9-8-27-7-6-23(26)35-24(2,3)4/h5H,1,6-21H2,2-4H3. The zero-order valence-corrected chi connectivity index (χ0v) is 21.6. The molecule has 0 aliphatic carbocycles. The van der Waals surface area contributed by atoms with Crippen LogP contribution in [-0.2, 0) is 52.2 Å². The third kappa shape index (κ3) is 28.5.